The number of primary amides is 1. The molecule has 30 heavy (non-hydrogen) atoms. The highest BCUT2D eigenvalue weighted by molar-refractivity contribution is 7.98. The molecule has 3 rings (SSSR count). The van der Waals surface area contributed by atoms with Crippen molar-refractivity contribution < 1.29 is 4.79 Å². The molecule has 7 heteroatoms. The molecule has 0 spiro atoms. The molecule has 1 amide bonds. The summed E-state index contributed by atoms with van der Waals surface area (Å²) in [7, 11) is 0. The highest BCUT2D eigenvalue weighted by Gasteiger charge is 2.22. The van der Waals surface area contributed by atoms with Crippen LogP contribution in [-0.4, -0.2) is 20.7 Å². The van der Waals surface area contributed by atoms with E-state index in [4.69, 9.17) is 17.3 Å². The highest BCUT2D eigenvalue weighted by Crippen LogP contribution is 2.32. The number of hydrogen-bond donors (Lipinski definition) is 1. The van der Waals surface area contributed by atoms with Crippen LogP contribution < -0.4 is 5.73 Å². The van der Waals surface area contributed by atoms with Gasteiger partial charge in [-0.2, -0.15) is 0 Å². The van der Waals surface area contributed by atoms with Crippen LogP contribution in [-0.2, 0) is 10.5 Å². The van der Waals surface area contributed by atoms with Crippen molar-refractivity contribution in [1.29, 1.82) is 0 Å². The number of carbonyl (C=O) groups is 1. The van der Waals surface area contributed by atoms with E-state index < -0.39 is 0 Å². The quantitative estimate of drug-likeness (QED) is 0.383. The van der Waals surface area contributed by atoms with E-state index in [1.54, 1.807) is 11.8 Å². The van der Waals surface area contributed by atoms with Gasteiger partial charge in [0.2, 0.25) is 5.91 Å². The number of rotatable bonds is 11. The minimum atomic E-state index is -0.257. The molecule has 1 heterocycles. The number of nitrogens with zero attached hydrogens (tertiary/aromatic N) is 3. The molecular weight excluding hydrogens is 416 g/mol. The van der Waals surface area contributed by atoms with Gasteiger partial charge in [0, 0.05) is 28.8 Å². The summed E-state index contributed by atoms with van der Waals surface area (Å²) in [6.07, 6.45) is 4.04. The topological polar surface area (TPSA) is 73.8 Å². The molecule has 0 radical (unpaired) electrons. The van der Waals surface area contributed by atoms with Crippen molar-refractivity contribution in [2.24, 2.45) is 5.73 Å². The SMILES string of the molecule is CCCC(CCCC(N)=O)c1nnc(SCc2cccc(Cl)c2)n1-c1ccccc1. The summed E-state index contributed by atoms with van der Waals surface area (Å²) in [5, 5.41) is 10.7. The molecule has 1 atom stereocenters. The monoisotopic (exact) mass is 442 g/mol. The molecule has 0 bridgehead atoms. The van der Waals surface area contributed by atoms with Crippen molar-refractivity contribution in [2.75, 3.05) is 0 Å². The molecule has 1 unspecified atom stereocenters. The lowest BCUT2D eigenvalue weighted by Crippen LogP contribution is -2.12. The van der Waals surface area contributed by atoms with Crippen LogP contribution in [0.3, 0.4) is 0 Å². The number of amides is 1. The Morgan fingerprint density at radius 1 is 1.13 bits per heavy atom. The lowest BCUT2D eigenvalue weighted by atomic mass is 9.96. The van der Waals surface area contributed by atoms with E-state index in [0.29, 0.717) is 6.42 Å². The highest BCUT2D eigenvalue weighted by atomic mass is 35.5. The maximum atomic E-state index is 11.2. The Bertz CT molecular complexity index is 961. The summed E-state index contributed by atoms with van der Waals surface area (Å²) in [6.45, 7) is 2.17. The third kappa shape index (κ3) is 6.09. The van der Waals surface area contributed by atoms with E-state index in [9.17, 15) is 4.79 Å². The first-order valence-electron chi connectivity index (χ1n) is 10.2. The molecule has 0 saturated carbocycles. The number of thioether (sulfide) groups is 1. The van der Waals surface area contributed by atoms with Gasteiger partial charge in [-0.1, -0.05) is 67.0 Å². The van der Waals surface area contributed by atoms with Gasteiger partial charge in [0.1, 0.15) is 5.82 Å². The third-order valence-electron chi connectivity index (χ3n) is 4.91. The Balaban J connectivity index is 1.89. The zero-order valence-corrected chi connectivity index (χ0v) is 18.7. The fourth-order valence-corrected chi connectivity index (χ4v) is 4.62. The molecule has 0 aliphatic carbocycles. The van der Waals surface area contributed by atoms with Gasteiger partial charge in [-0.3, -0.25) is 9.36 Å². The summed E-state index contributed by atoms with van der Waals surface area (Å²) in [4.78, 5) is 11.2. The fraction of sp³-hybridized carbons (Fsp3) is 0.348. The van der Waals surface area contributed by atoms with E-state index in [1.807, 2.05) is 36.4 Å². The van der Waals surface area contributed by atoms with Crippen molar-refractivity contribution in [3.63, 3.8) is 0 Å². The van der Waals surface area contributed by atoms with Gasteiger partial charge in [-0.25, -0.2) is 0 Å². The number of aromatic nitrogens is 3. The standard InChI is InChI=1S/C23H27ClN4OS/c1-2-8-18(10-7-14-21(25)29)22-26-27-23(28(22)20-12-4-3-5-13-20)30-16-17-9-6-11-19(24)15-17/h3-6,9,11-13,15,18H,2,7-8,10,14,16H2,1H3,(H2,25,29). The number of benzene rings is 2. The van der Waals surface area contributed by atoms with Crippen molar-refractivity contribution >= 4 is 29.3 Å². The maximum Gasteiger partial charge on any atom is 0.217 e. The van der Waals surface area contributed by atoms with Crippen molar-refractivity contribution in [1.82, 2.24) is 14.8 Å². The molecule has 2 aromatic carbocycles. The normalized spacial score (nSPS) is 12.1. The number of para-hydroxylation sites is 1. The van der Waals surface area contributed by atoms with E-state index in [0.717, 1.165) is 58.7 Å². The fourth-order valence-electron chi connectivity index (χ4n) is 3.51. The Labute approximate surface area is 187 Å². The molecule has 0 saturated heterocycles. The number of nitrogens with two attached hydrogens (primary N) is 1. The van der Waals surface area contributed by atoms with Gasteiger partial charge in [0.05, 0.1) is 0 Å². The number of carbonyl (C=O) groups excluding carboxylic acids is 1. The van der Waals surface area contributed by atoms with Crippen molar-refractivity contribution in [3.8, 4) is 5.69 Å². The number of hydrogen-bond acceptors (Lipinski definition) is 4. The molecular formula is C23H27ClN4OS. The van der Waals surface area contributed by atoms with Crippen LogP contribution in [0.1, 0.15) is 56.3 Å². The maximum absolute atomic E-state index is 11.2. The predicted octanol–water partition coefficient (Wildman–Crippen LogP) is 5.75. The van der Waals surface area contributed by atoms with E-state index in [2.05, 4.69) is 39.9 Å². The molecule has 0 aliphatic heterocycles. The molecule has 158 valence electrons. The second kappa shape index (κ2) is 11.2. The van der Waals surface area contributed by atoms with Crippen molar-refractivity contribution in [2.45, 2.75) is 55.9 Å². The second-order valence-corrected chi connectivity index (χ2v) is 8.65. The Morgan fingerprint density at radius 3 is 2.63 bits per heavy atom. The summed E-state index contributed by atoms with van der Waals surface area (Å²) in [6, 6.07) is 18.1. The average Bonchev–Trinajstić information content (AvgIpc) is 3.16. The van der Waals surface area contributed by atoms with Gasteiger partial charge in [-0.05, 0) is 49.1 Å². The van der Waals surface area contributed by atoms with Gasteiger partial charge in [0.25, 0.3) is 0 Å². The van der Waals surface area contributed by atoms with Crippen LogP contribution in [0, 0.1) is 0 Å². The van der Waals surface area contributed by atoms with Crippen LogP contribution in [0.4, 0.5) is 0 Å². The van der Waals surface area contributed by atoms with Crippen LogP contribution in [0.2, 0.25) is 5.02 Å². The molecule has 5 nitrogen and oxygen atoms in total. The predicted molar refractivity (Wildman–Crippen MR) is 123 cm³/mol. The van der Waals surface area contributed by atoms with Crippen LogP contribution in [0.5, 0.6) is 0 Å². The van der Waals surface area contributed by atoms with E-state index in [1.165, 1.54) is 0 Å². The lowest BCUT2D eigenvalue weighted by Gasteiger charge is -2.18. The Hall–Kier alpha value is -2.31. The lowest BCUT2D eigenvalue weighted by molar-refractivity contribution is -0.118. The number of halogens is 1. The Morgan fingerprint density at radius 2 is 1.93 bits per heavy atom. The van der Waals surface area contributed by atoms with Crippen LogP contribution >= 0.6 is 23.4 Å². The molecule has 0 aliphatic rings. The van der Waals surface area contributed by atoms with Gasteiger partial charge in [-0.15, -0.1) is 10.2 Å². The van der Waals surface area contributed by atoms with Crippen LogP contribution in [0.25, 0.3) is 5.69 Å². The molecule has 3 aromatic rings. The van der Waals surface area contributed by atoms with Crippen molar-refractivity contribution in [3.05, 3.63) is 71.0 Å². The first-order chi connectivity index (χ1) is 14.6. The minimum Gasteiger partial charge on any atom is -0.370 e. The largest absolute Gasteiger partial charge is 0.370 e. The van der Waals surface area contributed by atoms with Gasteiger partial charge >= 0.3 is 0 Å². The zero-order valence-electron chi connectivity index (χ0n) is 17.1. The second-order valence-electron chi connectivity index (χ2n) is 7.27. The first kappa shape index (κ1) is 22.4. The third-order valence-corrected chi connectivity index (χ3v) is 6.14. The molecule has 0 fully saturated rings. The summed E-state index contributed by atoms with van der Waals surface area (Å²) in [5.41, 5.74) is 7.52. The van der Waals surface area contributed by atoms with E-state index >= 15 is 0 Å². The first-order valence-corrected chi connectivity index (χ1v) is 11.6. The zero-order chi connectivity index (χ0) is 21.3. The Kier molecular flexibility index (Phi) is 8.34. The molecule has 1 aromatic heterocycles. The smallest absolute Gasteiger partial charge is 0.217 e. The minimum absolute atomic E-state index is 0.225. The summed E-state index contributed by atoms with van der Waals surface area (Å²) >= 11 is 7.77. The van der Waals surface area contributed by atoms with Gasteiger partial charge in [0.15, 0.2) is 5.16 Å². The van der Waals surface area contributed by atoms with Crippen LogP contribution in [0.15, 0.2) is 59.8 Å². The average molecular weight is 443 g/mol. The summed E-state index contributed by atoms with van der Waals surface area (Å²) in [5.74, 6) is 1.67. The van der Waals surface area contributed by atoms with Gasteiger partial charge < -0.3 is 5.73 Å². The summed E-state index contributed by atoms with van der Waals surface area (Å²) < 4.78 is 2.15. The molecule has 2 N–H and O–H groups in total. The van der Waals surface area contributed by atoms with E-state index in [-0.39, 0.29) is 11.8 Å².